The van der Waals surface area contributed by atoms with E-state index in [0.717, 1.165) is 49.6 Å². The van der Waals surface area contributed by atoms with E-state index >= 15 is 0 Å². The molecule has 1 aliphatic rings. The van der Waals surface area contributed by atoms with Gasteiger partial charge in [0.25, 0.3) is 0 Å². The molecule has 0 aliphatic carbocycles. The lowest BCUT2D eigenvalue weighted by atomic mass is 10.1. The van der Waals surface area contributed by atoms with E-state index < -0.39 is 11.7 Å². The van der Waals surface area contributed by atoms with Crippen molar-refractivity contribution in [1.29, 1.82) is 0 Å². The van der Waals surface area contributed by atoms with Crippen molar-refractivity contribution in [2.75, 3.05) is 30.4 Å². The van der Waals surface area contributed by atoms with Crippen LogP contribution in [0.1, 0.15) is 18.4 Å². The van der Waals surface area contributed by atoms with E-state index in [1.165, 1.54) is 12.1 Å². The maximum atomic E-state index is 12.7. The highest BCUT2D eigenvalue weighted by atomic mass is 19.4. The van der Waals surface area contributed by atoms with Crippen LogP contribution in [0.15, 0.2) is 36.4 Å². The summed E-state index contributed by atoms with van der Waals surface area (Å²) < 4.78 is 38.0. The molecule has 1 N–H and O–H groups in total. The van der Waals surface area contributed by atoms with Crippen LogP contribution in [0, 0.1) is 0 Å². The summed E-state index contributed by atoms with van der Waals surface area (Å²) in [4.78, 5) is 6.83. The summed E-state index contributed by atoms with van der Waals surface area (Å²) in [6.07, 6.45) is -2.04. The van der Waals surface area contributed by atoms with Crippen LogP contribution in [0.4, 0.5) is 24.7 Å². The highest BCUT2D eigenvalue weighted by Gasteiger charge is 2.30. The summed E-state index contributed by atoms with van der Waals surface area (Å²) in [6.45, 7) is 1.93. The van der Waals surface area contributed by atoms with Gasteiger partial charge in [0.05, 0.1) is 11.3 Å². The van der Waals surface area contributed by atoms with Crippen molar-refractivity contribution in [2.24, 2.45) is 0 Å². The molecule has 0 bridgehead atoms. The highest BCUT2D eigenvalue weighted by Crippen LogP contribution is 2.32. The standard InChI is InChI=1S/C17H18F3N3/c1-21-14-10-15(22-16(11-14)23-8-2-3-9-23)12-4-6-13(7-5-12)17(18,19)20/h4-7,10-11H,2-3,8-9H2,1H3,(H,21,22). The van der Waals surface area contributed by atoms with Crippen LogP contribution in [-0.2, 0) is 6.18 Å². The minimum Gasteiger partial charge on any atom is -0.388 e. The van der Waals surface area contributed by atoms with Crippen LogP contribution in [0.5, 0.6) is 0 Å². The number of halogens is 3. The van der Waals surface area contributed by atoms with Crippen LogP contribution in [0.2, 0.25) is 0 Å². The maximum absolute atomic E-state index is 12.7. The van der Waals surface area contributed by atoms with E-state index in [0.29, 0.717) is 11.3 Å². The Morgan fingerprint density at radius 1 is 1.04 bits per heavy atom. The van der Waals surface area contributed by atoms with Crippen molar-refractivity contribution in [3.8, 4) is 11.3 Å². The van der Waals surface area contributed by atoms with E-state index in [2.05, 4.69) is 15.2 Å². The fourth-order valence-electron chi connectivity index (χ4n) is 2.75. The molecule has 2 heterocycles. The Morgan fingerprint density at radius 2 is 1.70 bits per heavy atom. The van der Waals surface area contributed by atoms with Crippen molar-refractivity contribution in [2.45, 2.75) is 19.0 Å². The molecule has 6 heteroatoms. The Kier molecular flexibility index (Phi) is 4.15. The number of rotatable bonds is 3. The normalized spacial score (nSPS) is 15.0. The van der Waals surface area contributed by atoms with Gasteiger partial charge in [0, 0.05) is 37.5 Å². The molecule has 0 radical (unpaired) electrons. The Morgan fingerprint density at radius 3 is 2.26 bits per heavy atom. The molecule has 0 unspecified atom stereocenters. The molecule has 23 heavy (non-hydrogen) atoms. The lowest BCUT2D eigenvalue weighted by Gasteiger charge is -2.18. The van der Waals surface area contributed by atoms with Crippen molar-refractivity contribution >= 4 is 11.5 Å². The van der Waals surface area contributed by atoms with Crippen LogP contribution >= 0.6 is 0 Å². The fourth-order valence-corrected chi connectivity index (χ4v) is 2.75. The molecule has 1 aromatic heterocycles. The first-order chi connectivity index (χ1) is 11.0. The monoisotopic (exact) mass is 321 g/mol. The smallest absolute Gasteiger partial charge is 0.388 e. The molecular weight excluding hydrogens is 303 g/mol. The fraction of sp³-hybridized carbons (Fsp3) is 0.353. The zero-order chi connectivity index (χ0) is 16.4. The number of nitrogens with one attached hydrogen (secondary N) is 1. The molecule has 1 aliphatic heterocycles. The summed E-state index contributed by atoms with van der Waals surface area (Å²) in [5, 5.41) is 3.09. The summed E-state index contributed by atoms with van der Waals surface area (Å²) in [7, 11) is 1.82. The summed E-state index contributed by atoms with van der Waals surface area (Å²) >= 11 is 0. The molecule has 1 aromatic carbocycles. The van der Waals surface area contributed by atoms with E-state index in [1.807, 2.05) is 19.2 Å². The van der Waals surface area contributed by atoms with Gasteiger partial charge in [-0.05, 0) is 31.0 Å². The second-order valence-electron chi connectivity index (χ2n) is 5.62. The first-order valence-corrected chi connectivity index (χ1v) is 7.60. The van der Waals surface area contributed by atoms with Crippen LogP contribution in [0.25, 0.3) is 11.3 Å². The van der Waals surface area contributed by atoms with Gasteiger partial charge in [-0.15, -0.1) is 0 Å². The van der Waals surface area contributed by atoms with Crippen LogP contribution in [-0.4, -0.2) is 25.1 Å². The average Bonchev–Trinajstić information content (AvgIpc) is 3.08. The van der Waals surface area contributed by atoms with E-state index in [9.17, 15) is 13.2 Å². The zero-order valence-electron chi connectivity index (χ0n) is 12.8. The first kappa shape index (κ1) is 15.6. The minimum absolute atomic E-state index is 0.647. The van der Waals surface area contributed by atoms with Gasteiger partial charge in [-0.1, -0.05) is 12.1 Å². The van der Waals surface area contributed by atoms with Crippen molar-refractivity contribution in [3.63, 3.8) is 0 Å². The first-order valence-electron chi connectivity index (χ1n) is 7.60. The third-order valence-corrected chi connectivity index (χ3v) is 4.04. The summed E-state index contributed by atoms with van der Waals surface area (Å²) in [6, 6.07) is 8.95. The van der Waals surface area contributed by atoms with Gasteiger partial charge in [-0.25, -0.2) is 4.98 Å². The van der Waals surface area contributed by atoms with Gasteiger partial charge in [0.2, 0.25) is 0 Å². The van der Waals surface area contributed by atoms with Crippen molar-refractivity contribution in [1.82, 2.24) is 4.98 Å². The summed E-state index contributed by atoms with van der Waals surface area (Å²) in [5.74, 6) is 0.865. The molecule has 3 rings (SSSR count). The Hall–Kier alpha value is -2.24. The molecule has 3 nitrogen and oxygen atoms in total. The van der Waals surface area contributed by atoms with Crippen LogP contribution in [0.3, 0.4) is 0 Å². The Bertz CT molecular complexity index is 674. The van der Waals surface area contributed by atoms with Crippen molar-refractivity contribution < 1.29 is 13.2 Å². The number of pyridine rings is 1. The maximum Gasteiger partial charge on any atom is 0.416 e. The summed E-state index contributed by atoms with van der Waals surface area (Å²) in [5.41, 5.74) is 1.60. The minimum atomic E-state index is -4.32. The highest BCUT2D eigenvalue weighted by molar-refractivity contribution is 5.68. The Balaban J connectivity index is 1.96. The quantitative estimate of drug-likeness (QED) is 0.907. The van der Waals surface area contributed by atoms with Gasteiger partial charge >= 0.3 is 6.18 Å². The predicted octanol–water partition coefficient (Wildman–Crippen LogP) is 4.41. The third kappa shape index (κ3) is 3.41. The number of benzene rings is 1. The topological polar surface area (TPSA) is 28.2 Å². The molecule has 0 amide bonds. The second kappa shape index (κ2) is 6.10. The number of hydrogen-bond donors (Lipinski definition) is 1. The van der Waals surface area contributed by atoms with E-state index in [1.54, 1.807) is 0 Å². The number of hydrogen-bond acceptors (Lipinski definition) is 3. The van der Waals surface area contributed by atoms with Gasteiger partial charge < -0.3 is 10.2 Å². The van der Waals surface area contributed by atoms with Gasteiger partial charge in [0.15, 0.2) is 0 Å². The molecule has 0 spiro atoms. The average molecular weight is 321 g/mol. The van der Waals surface area contributed by atoms with Gasteiger partial charge in [-0.3, -0.25) is 0 Å². The number of anilines is 2. The van der Waals surface area contributed by atoms with Crippen molar-refractivity contribution in [3.05, 3.63) is 42.0 Å². The van der Waals surface area contributed by atoms with Gasteiger partial charge in [-0.2, -0.15) is 13.2 Å². The van der Waals surface area contributed by atoms with E-state index in [4.69, 9.17) is 0 Å². The third-order valence-electron chi connectivity index (χ3n) is 4.04. The molecule has 0 saturated carbocycles. The van der Waals surface area contributed by atoms with E-state index in [-0.39, 0.29) is 0 Å². The predicted molar refractivity (Wildman–Crippen MR) is 85.7 cm³/mol. The largest absolute Gasteiger partial charge is 0.416 e. The molecule has 1 saturated heterocycles. The number of aromatic nitrogens is 1. The SMILES string of the molecule is CNc1cc(-c2ccc(C(F)(F)F)cc2)nc(N2CCCC2)c1. The molecule has 2 aromatic rings. The Labute approximate surface area is 133 Å². The van der Waals surface area contributed by atoms with Crippen LogP contribution < -0.4 is 10.2 Å². The second-order valence-corrected chi connectivity index (χ2v) is 5.62. The molecule has 0 atom stereocenters. The number of nitrogens with zero attached hydrogens (tertiary/aromatic N) is 2. The number of alkyl halides is 3. The molecule has 122 valence electrons. The molecular formula is C17H18F3N3. The van der Waals surface area contributed by atoms with Gasteiger partial charge in [0.1, 0.15) is 5.82 Å². The lowest BCUT2D eigenvalue weighted by molar-refractivity contribution is -0.137. The zero-order valence-corrected chi connectivity index (χ0v) is 12.8. The molecule has 1 fully saturated rings. The lowest BCUT2D eigenvalue weighted by Crippen LogP contribution is -2.19.